The highest BCUT2D eigenvalue weighted by Crippen LogP contribution is 2.43. The Kier molecular flexibility index (Phi) is 6.81. The normalized spacial score (nSPS) is 16.1. The van der Waals surface area contributed by atoms with Crippen LogP contribution in [0.5, 0.6) is 11.5 Å². The predicted molar refractivity (Wildman–Crippen MR) is 148 cm³/mol. The molecule has 2 N–H and O–H groups in total. The fourth-order valence-corrected chi connectivity index (χ4v) is 5.58. The van der Waals surface area contributed by atoms with Gasteiger partial charge in [-0.05, 0) is 79.4 Å². The maximum Gasteiger partial charge on any atom is 0.410 e. The van der Waals surface area contributed by atoms with Crippen LogP contribution in [-0.2, 0) is 4.74 Å². The van der Waals surface area contributed by atoms with Gasteiger partial charge in [0, 0.05) is 18.7 Å². The number of piperidine rings is 1. The molecule has 0 saturated carbocycles. The number of ether oxygens (including phenoxy) is 2. The SMILES string of the molecule is CC(C)(C)OC(=O)N1CCC[C@@H](n2c(Br)c(-c3ccc(Oc4ccccc4)cc3)c3c(N)ncnc32)C1. The van der Waals surface area contributed by atoms with E-state index in [0.717, 1.165) is 51.1 Å². The number of benzene rings is 2. The van der Waals surface area contributed by atoms with Crippen molar-refractivity contribution in [1.29, 1.82) is 0 Å². The number of carbonyl (C=O) groups excluding carboxylic acids is 1. The average Bonchev–Trinajstić information content (AvgIpc) is 3.17. The summed E-state index contributed by atoms with van der Waals surface area (Å²) in [4.78, 5) is 23.5. The number of halogens is 1. The Balaban J connectivity index is 1.50. The number of nitrogens with two attached hydrogens (primary N) is 1. The zero-order valence-corrected chi connectivity index (χ0v) is 22.7. The molecule has 8 nitrogen and oxygen atoms in total. The topological polar surface area (TPSA) is 95.5 Å². The average molecular weight is 564 g/mol. The maximum atomic E-state index is 12.8. The second-order valence-corrected chi connectivity index (χ2v) is 10.9. The van der Waals surface area contributed by atoms with Crippen LogP contribution in [0.1, 0.15) is 39.7 Å². The molecular weight excluding hydrogens is 534 g/mol. The maximum absolute atomic E-state index is 12.8. The zero-order chi connectivity index (χ0) is 26.2. The lowest BCUT2D eigenvalue weighted by molar-refractivity contribution is 0.0173. The van der Waals surface area contributed by atoms with Crippen LogP contribution in [0, 0.1) is 0 Å². The summed E-state index contributed by atoms with van der Waals surface area (Å²) in [7, 11) is 0. The van der Waals surface area contributed by atoms with Crippen LogP contribution in [0.4, 0.5) is 10.6 Å². The highest BCUT2D eigenvalue weighted by atomic mass is 79.9. The van der Waals surface area contributed by atoms with Crippen molar-refractivity contribution in [3.05, 3.63) is 65.5 Å². The van der Waals surface area contributed by atoms with Crippen molar-refractivity contribution in [3.8, 4) is 22.6 Å². The largest absolute Gasteiger partial charge is 0.457 e. The quantitative estimate of drug-likeness (QED) is 0.293. The lowest BCUT2D eigenvalue weighted by Gasteiger charge is -2.35. The molecule has 1 amide bonds. The fraction of sp³-hybridized carbons (Fsp3) is 0.321. The van der Waals surface area contributed by atoms with E-state index in [0.29, 0.717) is 18.9 Å². The van der Waals surface area contributed by atoms with Crippen LogP contribution in [0.2, 0.25) is 0 Å². The molecule has 5 rings (SSSR count). The molecule has 0 bridgehead atoms. The van der Waals surface area contributed by atoms with Gasteiger partial charge in [-0.2, -0.15) is 0 Å². The van der Waals surface area contributed by atoms with Crippen LogP contribution in [0.3, 0.4) is 0 Å². The molecule has 0 radical (unpaired) electrons. The molecule has 9 heteroatoms. The lowest BCUT2D eigenvalue weighted by Crippen LogP contribution is -2.43. The first-order valence-corrected chi connectivity index (χ1v) is 13.1. The van der Waals surface area contributed by atoms with E-state index in [-0.39, 0.29) is 12.1 Å². The second-order valence-electron chi connectivity index (χ2n) is 10.2. The molecule has 1 aliphatic rings. The molecule has 0 spiro atoms. The van der Waals surface area contributed by atoms with Crippen LogP contribution in [0.15, 0.2) is 65.5 Å². The van der Waals surface area contributed by atoms with Gasteiger partial charge in [0.05, 0.1) is 16.0 Å². The minimum atomic E-state index is -0.546. The molecule has 192 valence electrons. The van der Waals surface area contributed by atoms with Gasteiger partial charge in [-0.25, -0.2) is 14.8 Å². The molecule has 1 atom stereocenters. The summed E-state index contributed by atoms with van der Waals surface area (Å²) in [5.41, 5.74) is 8.44. The first-order valence-electron chi connectivity index (χ1n) is 12.3. The van der Waals surface area contributed by atoms with Crippen LogP contribution < -0.4 is 10.5 Å². The Bertz CT molecular complexity index is 1410. The zero-order valence-electron chi connectivity index (χ0n) is 21.1. The van der Waals surface area contributed by atoms with Crippen LogP contribution in [0.25, 0.3) is 22.2 Å². The van der Waals surface area contributed by atoms with E-state index in [1.54, 1.807) is 4.90 Å². The molecule has 2 aromatic carbocycles. The van der Waals surface area contributed by atoms with Crippen LogP contribution in [-0.4, -0.2) is 44.2 Å². The Hall–Kier alpha value is -3.59. The molecule has 4 aromatic rings. The summed E-state index contributed by atoms with van der Waals surface area (Å²) in [5, 5.41) is 0.778. The number of amides is 1. The predicted octanol–water partition coefficient (Wildman–Crippen LogP) is 6.81. The first-order chi connectivity index (χ1) is 17.7. The molecule has 1 fully saturated rings. The Morgan fingerprint density at radius 2 is 1.76 bits per heavy atom. The number of rotatable bonds is 4. The van der Waals surface area contributed by atoms with E-state index in [2.05, 4.69) is 30.5 Å². The van der Waals surface area contributed by atoms with Gasteiger partial charge >= 0.3 is 6.09 Å². The molecule has 1 aliphatic heterocycles. The number of carbonyl (C=O) groups is 1. The van der Waals surface area contributed by atoms with Gasteiger partial charge in [0.25, 0.3) is 0 Å². The third-order valence-corrected chi connectivity index (χ3v) is 7.07. The van der Waals surface area contributed by atoms with E-state index in [9.17, 15) is 4.79 Å². The van der Waals surface area contributed by atoms with Gasteiger partial charge in [-0.15, -0.1) is 0 Å². The van der Waals surface area contributed by atoms with E-state index in [1.807, 2.05) is 75.4 Å². The number of anilines is 1. The minimum absolute atomic E-state index is 0.00174. The van der Waals surface area contributed by atoms with Crippen molar-refractivity contribution < 1.29 is 14.3 Å². The molecule has 2 aromatic heterocycles. The monoisotopic (exact) mass is 563 g/mol. The Morgan fingerprint density at radius 3 is 2.46 bits per heavy atom. The van der Waals surface area contributed by atoms with Gasteiger partial charge in [0.2, 0.25) is 0 Å². The minimum Gasteiger partial charge on any atom is -0.457 e. The van der Waals surface area contributed by atoms with Crippen molar-refractivity contribution in [2.24, 2.45) is 0 Å². The third kappa shape index (κ3) is 5.27. The molecular formula is C28H30BrN5O3. The van der Waals surface area contributed by atoms with Gasteiger partial charge in [0.1, 0.15) is 34.9 Å². The summed E-state index contributed by atoms with van der Waals surface area (Å²) in [5.74, 6) is 1.92. The van der Waals surface area contributed by atoms with Gasteiger partial charge < -0.3 is 24.7 Å². The standard InChI is InChI=1S/C28H30BrN5O3/c1-28(2,3)37-27(35)33-15-7-8-19(16-33)34-24(29)22(23-25(30)31-17-32-26(23)34)18-11-13-21(14-12-18)36-20-9-5-4-6-10-20/h4-6,9-14,17,19H,7-8,15-16H2,1-3H3,(H2,30,31,32)/t19-/m1/s1. The van der Waals surface area contributed by atoms with E-state index in [1.165, 1.54) is 6.33 Å². The number of fused-ring (bicyclic) bond motifs is 1. The summed E-state index contributed by atoms with van der Waals surface area (Å²) in [6, 6.07) is 17.5. The summed E-state index contributed by atoms with van der Waals surface area (Å²) >= 11 is 3.85. The second kappa shape index (κ2) is 10.0. The number of para-hydroxylation sites is 1. The van der Waals surface area contributed by atoms with E-state index >= 15 is 0 Å². The number of hydrogen-bond acceptors (Lipinski definition) is 6. The molecule has 3 heterocycles. The molecule has 0 aliphatic carbocycles. The van der Waals surface area contributed by atoms with Crippen LogP contribution >= 0.6 is 15.9 Å². The van der Waals surface area contributed by atoms with Gasteiger partial charge in [-0.1, -0.05) is 30.3 Å². The smallest absolute Gasteiger partial charge is 0.410 e. The Morgan fingerprint density at radius 1 is 1.05 bits per heavy atom. The molecule has 0 unspecified atom stereocenters. The third-order valence-electron chi connectivity index (χ3n) is 6.29. The molecule has 1 saturated heterocycles. The lowest BCUT2D eigenvalue weighted by atomic mass is 10.1. The molecule has 37 heavy (non-hydrogen) atoms. The van der Waals surface area contributed by atoms with Crippen molar-refractivity contribution in [2.75, 3.05) is 18.8 Å². The number of nitrogen functional groups attached to an aromatic ring is 1. The fourth-order valence-electron chi connectivity index (χ4n) is 4.70. The van der Waals surface area contributed by atoms with E-state index < -0.39 is 5.60 Å². The van der Waals surface area contributed by atoms with Gasteiger partial charge in [0.15, 0.2) is 0 Å². The number of aromatic nitrogens is 3. The Labute approximate surface area is 224 Å². The number of hydrogen-bond donors (Lipinski definition) is 1. The summed E-state index contributed by atoms with van der Waals surface area (Å²) in [6.07, 6.45) is 2.94. The number of likely N-dealkylation sites (tertiary alicyclic amines) is 1. The highest BCUT2D eigenvalue weighted by molar-refractivity contribution is 9.10. The summed E-state index contributed by atoms with van der Waals surface area (Å²) in [6.45, 7) is 6.82. The number of nitrogens with zero attached hydrogens (tertiary/aromatic N) is 4. The van der Waals surface area contributed by atoms with Gasteiger partial charge in [-0.3, -0.25) is 0 Å². The van der Waals surface area contributed by atoms with E-state index in [4.69, 9.17) is 15.2 Å². The highest BCUT2D eigenvalue weighted by Gasteiger charge is 2.32. The van der Waals surface area contributed by atoms with Crippen molar-refractivity contribution >= 4 is 38.9 Å². The summed E-state index contributed by atoms with van der Waals surface area (Å²) < 4.78 is 14.6. The first kappa shape index (κ1) is 25.1. The van der Waals surface area contributed by atoms with Crippen molar-refractivity contribution in [2.45, 2.75) is 45.3 Å². The van der Waals surface area contributed by atoms with Crippen molar-refractivity contribution in [3.63, 3.8) is 0 Å². The van der Waals surface area contributed by atoms with Crippen molar-refractivity contribution in [1.82, 2.24) is 19.4 Å².